The molecule has 23 heavy (non-hydrogen) atoms. The molecule has 8 heteroatoms. The van der Waals surface area contributed by atoms with Gasteiger partial charge >= 0.3 is 12.1 Å². The van der Waals surface area contributed by atoms with Crippen molar-refractivity contribution in [3.63, 3.8) is 0 Å². The van der Waals surface area contributed by atoms with Crippen LogP contribution in [0.3, 0.4) is 0 Å². The maximum atomic E-state index is 13.2. The van der Waals surface area contributed by atoms with Crippen LogP contribution in [0.1, 0.15) is 18.4 Å². The molecule has 1 unspecified atom stereocenters. The van der Waals surface area contributed by atoms with Crippen molar-refractivity contribution in [3.8, 4) is 0 Å². The molecule has 0 aromatic heterocycles. The van der Waals surface area contributed by atoms with Gasteiger partial charge in [0.15, 0.2) is 0 Å². The number of hydrogen-bond donors (Lipinski definition) is 1. The summed E-state index contributed by atoms with van der Waals surface area (Å²) in [5.41, 5.74) is 0.331. The molecule has 1 fully saturated rings. The minimum Gasteiger partial charge on any atom is -0.481 e. The largest absolute Gasteiger partial charge is 0.481 e. The van der Waals surface area contributed by atoms with Gasteiger partial charge in [-0.1, -0.05) is 12.1 Å². The second-order valence-corrected chi connectivity index (χ2v) is 5.61. The number of amides is 1. The number of carboxylic acids is 1. The molecule has 1 aromatic rings. The van der Waals surface area contributed by atoms with Crippen LogP contribution in [0.4, 0.5) is 17.6 Å². The number of alkyl halides is 3. The lowest BCUT2D eigenvalue weighted by atomic mass is 9.96. The summed E-state index contributed by atoms with van der Waals surface area (Å²) < 4.78 is 52.0. The number of carbonyl (C=O) groups is 2. The highest BCUT2D eigenvalue weighted by Crippen LogP contribution is 2.38. The predicted molar refractivity (Wildman–Crippen MR) is 72.1 cm³/mol. The summed E-state index contributed by atoms with van der Waals surface area (Å²) in [5.74, 6) is -7.41. The van der Waals surface area contributed by atoms with Crippen LogP contribution in [0.2, 0.25) is 0 Å². The van der Waals surface area contributed by atoms with Crippen molar-refractivity contribution in [1.82, 2.24) is 4.90 Å². The van der Waals surface area contributed by atoms with Crippen LogP contribution in [0, 0.1) is 17.7 Å². The van der Waals surface area contributed by atoms with E-state index < -0.39 is 54.7 Å². The minimum atomic E-state index is -4.69. The Morgan fingerprint density at radius 1 is 1.30 bits per heavy atom. The van der Waals surface area contributed by atoms with E-state index in [1.54, 1.807) is 0 Å². The Morgan fingerprint density at radius 2 is 1.96 bits per heavy atom. The molecule has 1 saturated heterocycles. The fourth-order valence-electron chi connectivity index (χ4n) is 2.76. The summed E-state index contributed by atoms with van der Waals surface area (Å²) in [6.45, 7) is 0.255. The zero-order valence-corrected chi connectivity index (χ0v) is 12.2. The topological polar surface area (TPSA) is 57.6 Å². The molecular formula is C15H15F4NO3. The second-order valence-electron chi connectivity index (χ2n) is 5.61. The summed E-state index contributed by atoms with van der Waals surface area (Å²) in [5, 5.41) is 8.95. The van der Waals surface area contributed by atoms with Crippen molar-refractivity contribution < 1.29 is 32.3 Å². The Balaban J connectivity index is 2.19. The third kappa shape index (κ3) is 3.62. The van der Waals surface area contributed by atoms with Crippen molar-refractivity contribution in [1.29, 1.82) is 0 Å². The van der Waals surface area contributed by atoms with Gasteiger partial charge in [-0.3, -0.25) is 9.59 Å². The molecule has 1 aliphatic heterocycles. The van der Waals surface area contributed by atoms with Crippen LogP contribution in [0.5, 0.6) is 0 Å². The molecule has 2 rings (SSSR count). The van der Waals surface area contributed by atoms with E-state index in [0.717, 1.165) is 11.0 Å². The number of carboxylic acid groups (broad SMARTS) is 1. The number of carbonyl (C=O) groups excluding carboxylic acids is 1. The molecule has 0 radical (unpaired) electrons. The molecule has 1 N–H and O–H groups in total. The van der Waals surface area contributed by atoms with Gasteiger partial charge in [-0.05, 0) is 24.6 Å². The fourth-order valence-corrected chi connectivity index (χ4v) is 2.76. The Labute approximate surface area is 129 Å². The van der Waals surface area contributed by atoms with E-state index in [1.807, 2.05) is 0 Å². The molecule has 3 atom stereocenters. The van der Waals surface area contributed by atoms with Gasteiger partial charge in [0.2, 0.25) is 5.91 Å². The zero-order valence-electron chi connectivity index (χ0n) is 12.2. The molecular weight excluding hydrogens is 318 g/mol. The molecule has 0 spiro atoms. The van der Waals surface area contributed by atoms with Crippen LogP contribution in [0.25, 0.3) is 0 Å². The van der Waals surface area contributed by atoms with Crippen LogP contribution in [0.15, 0.2) is 24.3 Å². The maximum Gasteiger partial charge on any atom is 0.394 e. The van der Waals surface area contributed by atoms with E-state index in [4.69, 9.17) is 5.11 Å². The van der Waals surface area contributed by atoms with Crippen LogP contribution in [-0.4, -0.2) is 41.1 Å². The maximum absolute atomic E-state index is 13.2. The van der Waals surface area contributed by atoms with Gasteiger partial charge in [-0.2, -0.15) is 13.2 Å². The summed E-state index contributed by atoms with van der Waals surface area (Å²) in [6, 6.07) is 5.22. The van der Waals surface area contributed by atoms with Crippen molar-refractivity contribution in [2.45, 2.75) is 19.0 Å². The first-order valence-corrected chi connectivity index (χ1v) is 6.95. The monoisotopic (exact) mass is 333 g/mol. The second kappa shape index (κ2) is 6.17. The summed E-state index contributed by atoms with van der Waals surface area (Å²) >= 11 is 0. The average molecular weight is 333 g/mol. The van der Waals surface area contributed by atoms with Gasteiger partial charge in [0, 0.05) is 13.1 Å². The first kappa shape index (κ1) is 17.2. The first-order valence-electron chi connectivity index (χ1n) is 6.95. The fraction of sp³-hybridized carbons (Fsp3) is 0.467. The molecule has 1 heterocycles. The van der Waals surface area contributed by atoms with Crippen LogP contribution in [-0.2, 0) is 9.59 Å². The molecule has 4 nitrogen and oxygen atoms in total. The molecule has 1 amide bonds. The number of likely N-dealkylation sites (tertiary alicyclic amines) is 1. The zero-order chi connectivity index (χ0) is 17.4. The molecule has 0 aliphatic carbocycles. The Kier molecular flexibility index (Phi) is 4.63. The third-order valence-electron chi connectivity index (χ3n) is 4.09. The SMILES string of the molecule is CC(C(=O)N1C[C@@H](C(F)(F)F)[C@H](C(=O)O)C1)c1cccc(F)c1. The smallest absolute Gasteiger partial charge is 0.394 e. The van der Waals surface area contributed by atoms with Gasteiger partial charge in [-0.15, -0.1) is 0 Å². The molecule has 0 bridgehead atoms. The highest BCUT2D eigenvalue weighted by Gasteiger charge is 2.53. The van der Waals surface area contributed by atoms with E-state index in [-0.39, 0.29) is 0 Å². The Morgan fingerprint density at radius 3 is 2.43 bits per heavy atom. The van der Waals surface area contributed by atoms with Gasteiger partial charge in [0.05, 0.1) is 17.8 Å². The number of nitrogens with zero attached hydrogens (tertiary/aromatic N) is 1. The predicted octanol–water partition coefficient (Wildman–Crippen LogP) is 2.65. The standard InChI is InChI=1S/C15H15F4NO3/c1-8(9-3-2-4-10(16)5-9)13(21)20-6-11(14(22)23)12(7-20)15(17,18)19/h2-5,8,11-12H,6-7H2,1H3,(H,22,23)/t8?,11-,12-/m1/s1. The molecule has 126 valence electrons. The lowest BCUT2D eigenvalue weighted by Crippen LogP contribution is -2.35. The highest BCUT2D eigenvalue weighted by molar-refractivity contribution is 5.84. The summed E-state index contributed by atoms with van der Waals surface area (Å²) in [6.07, 6.45) is -4.69. The number of halogens is 4. The van der Waals surface area contributed by atoms with Gasteiger partial charge in [0.25, 0.3) is 0 Å². The van der Waals surface area contributed by atoms with Crippen molar-refractivity contribution in [3.05, 3.63) is 35.6 Å². The molecule has 1 aliphatic rings. The van der Waals surface area contributed by atoms with Crippen LogP contribution < -0.4 is 0 Å². The van der Waals surface area contributed by atoms with Crippen molar-refractivity contribution in [2.24, 2.45) is 11.8 Å². The first-order chi connectivity index (χ1) is 10.6. The van der Waals surface area contributed by atoms with E-state index in [1.165, 1.54) is 25.1 Å². The average Bonchev–Trinajstić information content (AvgIpc) is 2.91. The van der Waals surface area contributed by atoms with Gasteiger partial charge < -0.3 is 10.0 Å². The minimum absolute atomic E-state index is 0.331. The summed E-state index contributed by atoms with van der Waals surface area (Å²) in [7, 11) is 0. The van der Waals surface area contributed by atoms with E-state index in [2.05, 4.69) is 0 Å². The number of hydrogen-bond acceptors (Lipinski definition) is 2. The number of rotatable bonds is 3. The third-order valence-corrected chi connectivity index (χ3v) is 4.09. The Hall–Kier alpha value is -2.12. The van der Waals surface area contributed by atoms with E-state index in [0.29, 0.717) is 5.56 Å². The van der Waals surface area contributed by atoms with Crippen LogP contribution >= 0.6 is 0 Å². The number of benzene rings is 1. The van der Waals surface area contributed by atoms with Gasteiger partial charge in [-0.25, -0.2) is 4.39 Å². The van der Waals surface area contributed by atoms with Gasteiger partial charge in [0.1, 0.15) is 5.82 Å². The lowest BCUT2D eigenvalue weighted by Gasteiger charge is -2.21. The lowest BCUT2D eigenvalue weighted by molar-refractivity contribution is -0.188. The van der Waals surface area contributed by atoms with E-state index >= 15 is 0 Å². The van der Waals surface area contributed by atoms with Crippen molar-refractivity contribution >= 4 is 11.9 Å². The quantitative estimate of drug-likeness (QED) is 0.865. The van der Waals surface area contributed by atoms with Crippen molar-refractivity contribution in [2.75, 3.05) is 13.1 Å². The Bertz CT molecular complexity index is 617. The number of aliphatic carboxylic acids is 1. The summed E-state index contributed by atoms with van der Waals surface area (Å²) in [4.78, 5) is 24.3. The van der Waals surface area contributed by atoms with E-state index in [9.17, 15) is 27.2 Å². The molecule has 0 saturated carbocycles. The highest BCUT2D eigenvalue weighted by atomic mass is 19.4. The molecule has 1 aromatic carbocycles. The normalized spacial score (nSPS) is 22.9.